The Kier molecular flexibility index (Phi) is 4.46. The number of nitrogens with zero attached hydrogens (tertiary/aromatic N) is 2. The van der Waals surface area contributed by atoms with Gasteiger partial charge in [0.25, 0.3) is 0 Å². The summed E-state index contributed by atoms with van der Waals surface area (Å²) in [5.74, 6) is -1.21. The van der Waals surface area contributed by atoms with Crippen molar-refractivity contribution in [1.82, 2.24) is 9.80 Å². The lowest BCUT2D eigenvalue weighted by Gasteiger charge is -2.42. The summed E-state index contributed by atoms with van der Waals surface area (Å²) < 4.78 is 23.1. The van der Waals surface area contributed by atoms with Crippen LogP contribution in [0.3, 0.4) is 0 Å². The van der Waals surface area contributed by atoms with Crippen molar-refractivity contribution in [3.63, 3.8) is 0 Å². The van der Waals surface area contributed by atoms with Crippen molar-refractivity contribution in [3.8, 4) is 0 Å². The fraction of sp³-hybridized carbons (Fsp3) is 0.846. The summed E-state index contributed by atoms with van der Waals surface area (Å²) >= 11 is 0. The molecule has 2 saturated heterocycles. The quantitative estimate of drug-likeness (QED) is 0.755. The molecule has 0 bridgehead atoms. The number of hydrogen-bond acceptors (Lipinski definition) is 4. The van der Waals surface area contributed by atoms with Crippen LogP contribution in [0.25, 0.3) is 0 Å². The smallest absolute Gasteiger partial charge is 0.320 e. The van der Waals surface area contributed by atoms with Crippen molar-refractivity contribution in [3.05, 3.63) is 0 Å². The van der Waals surface area contributed by atoms with Crippen LogP contribution in [0.5, 0.6) is 0 Å². The minimum Gasteiger partial charge on any atom is -0.481 e. The zero-order chi connectivity index (χ0) is 15.8. The molecule has 3 atom stereocenters. The second kappa shape index (κ2) is 5.82. The lowest BCUT2D eigenvalue weighted by molar-refractivity contribution is -0.143. The van der Waals surface area contributed by atoms with Gasteiger partial charge in [0.05, 0.1) is 17.4 Å². The van der Waals surface area contributed by atoms with Crippen LogP contribution in [0.1, 0.15) is 26.7 Å². The molecule has 0 aromatic heterocycles. The molecule has 2 rings (SSSR count). The Morgan fingerprint density at radius 3 is 2.24 bits per heavy atom. The zero-order valence-electron chi connectivity index (χ0n) is 12.4. The molecule has 3 unspecified atom stereocenters. The molecular weight excluding hydrogens is 296 g/mol. The van der Waals surface area contributed by atoms with E-state index in [2.05, 4.69) is 0 Å². The third-order valence-corrected chi connectivity index (χ3v) is 6.18. The average Bonchev–Trinajstić information content (AvgIpc) is 2.36. The van der Waals surface area contributed by atoms with Crippen LogP contribution >= 0.6 is 0 Å². The second-order valence-electron chi connectivity index (χ2n) is 6.04. The van der Waals surface area contributed by atoms with Crippen molar-refractivity contribution >= 4 is 21.8 Å². The van der Waals surface area contributed by atoms with Crippen molar-refractivity contribution < 1.29 is 23.1 Å². The normalized spacial score (nSPS) is 32.8. The summed E-state index contributed by atoms with van der Waals surface area (Å²) in [5, 5.41) is 9.05. The molecule has 0 saturated carbocycles. The van der Waals surface area contributed by atoms with Gasteiger partial charge in [0, 0.05) is 25.2 Å². The number of aliphatic carboxylic acids is 1. The van der Waals surface area contributed by atoms with Gasteiger partial charge in [0.1, 0.15) is 0 Å². The lowest BCUT2D eigenvalue weighted by atomic mass is 9.92. The van der Waals surface area contributed by atoms with Crippen LogP contribution in [0.2, 0.25) is 0 Å². The number of carbonyl (C=O) groups is 2. The highest BCUT2D eigenvalue weighted by atomic mass is 32.2. The molecule has 0 spiro atoms. The second-order valence-corrected chi connectivity index (χ2v) is 8.27. The Morgan fingerprint density at radius 2 is 1.71 bits per heavy atom. The Morgan fingerprint density at radius 1 is 1.10 bits per heavy atom. The van der Waals surface area contributed by atoms with Gasteiger partial charge >= 0.3 is 12.0 Å². The maximum absolute atomic E-state index is 12.6. The van der Waals surface area contributed by atoms with Gasteiger partial charge in [-0.25, -0.2) is 13.2 Å². The number of likely N-dealkylation sites (tertiary alicyclic amines) is 1. The number of carboxylic acid groups (broad SMARTS) is 1. The molecule has 8 heteroatoms. The van der Waals surface area contributed by atoms with Gasteiger partial charge in [-0.15, -0.1) is 0 Å². The standard InChI is InChI=1S/C13H22N2O5S/c1-9-7-11(12(16)17)3-4-14(9)13(18)15-5-6-21(19,20)8-10(15)2/h9-11H,3-8H2,1-2H3,(H,16,17). The minimum atomic E-state index is -3.05. The highest BCUT2D eigenvalue weighted by molar-refractivity contribution is 7.91. The third-order valence-electron chi connectivity index (χ3n) is 4.39. The van der Waals surface area contributed by atoms with E-state index in [1.165, 1.54) is 0 Å². The highest BCUT2D eigenvalue weighted by Gasteiger charge is 2.38. The first-order valence-electron chi connectivity index (χ1n) is 7.21. The van der Waals surface area contributed by atoms with Crippen molar-refractivity contribution in [2.45, 2.75) is 38.8 Å². The molecule has 2 aliphatic heterocycles. The fourth-order valence-electron chi connectivity index (χ4n) is 3.13. The predicted molar refractivity (Wildman–Crippen MR) is 76.7 cm³/mol. The van der Waals surface area contributed by atoms with Crippen molar-refractivity contribution in [2.75, 3.05) is 24.6 Å². The molecule has 2 amide bonds. The van der Waals surface area contributed by atoms with Gasteiger partial charge in [0.2, 0.25) is 0 Å². The fourth-order valence-corrected chi connectivity index (χ4v) is 4.68. The van der Waals surface area contributed by atoms with E-state index in [0.717, 1.165) is 0 Å². The molecule has 7 nitrogen and oxygen atoms in total. The van der Waals surface area contributed by atoms with E-state index in [0.29, 0.717) is 19.4 Å². The van der Waals surface area contributed by atoms with Gasteiger partial charge < -0.3 is 14.9 Å². The van der Waals surface area contributed by atoms with E-state index >= 15 is 0 Å². The van der Waals surface area contributed by atoms with E-state index in [9.17, 15) is 18.0 Å². The molecule has 2 aliphatic rings. The number of carboxylic acids is 1. The molecule has 1 N–H and O–H groups in total. The Balaban J connectivity index is 2.02. The first-order chi connectivity index (χ1) is 9.71. The number of carbonyl (C=O) groups excluding carboxylic acids is 1. The summed E-state index contributed by atoms with van der Waals surface area (Å²) in [5.41, 5.74) is 0. The summed E-state index contributed by atoms with van der Waals surface area (Å²) in [6.07, 6.45) is 0.896. The van der Waals surface area contributed by atoms with Crippen LogP contribution in [0.4, 0.5) is 4.79 Å². The molecule has 0 radical (unpaired) electrons. The van der Waals surface area contributed by atoms with E-state index < -0.39 is 21.7 Å². The molecule has 0 aromatic rings. The molecule has 2 fully saturated rings. The largest absolute Gasteiger partial charge is 0.481 e. The third kappa shape index (κ3) is 3.48. The van der Waals surface area contributed by atoms with Crippen LogP contribution in [-0.4, -0.2) is 72.0 Å². The molecule has 0 aromatic carbocycles. The van der Waals surface area contributed by atoms with Crippen LogP contribution in [0.15, 0.2) is 0 Å². The summed E-state index contributed by atoms with van der Waals surface area (Å²) in [7, 11) is -3.05. The summed E-state index contributed by atoms with van der Waals surface area (Å²) in [6.45, 7) is 4.21. The number of amides is 2. The summed E-state index contributed by atoms with van der Waals surface area (Å²) in [4.78, 5) is 26.9. The number of rotatable bonds is 1. The topological polar surface area (TPSA) is 95.0 Å². The number of urea groups is 1. The van der Waals surface area contributed by atoms with Crippen LogP contribution in [-0.2, 0) is 14.6 Å². The Bertz CT molecular complexity index is 533. The monoisotopic (exact) mass is 318 g/mol. The van der Waals surface area contributed by atoms with Gasteiger partial charge in [0.15, 0.2) is 9.84 Å². The van der Waals surface area contributed by atoms with Gasteiger partial charge in [-0.1, -0.05) is 0 Å². The van der Waals surface area contributed by atoms with E-state index in [-0.39, 0.29) is 36.2 Å². The molecule has 2 heterocycles. The van der Waals surface area contributed by atoms with Gasteiger partial charge in [-0.3, -0.25) is 4.79 Å². The highest BCUT2D eigenvalue weighted by Crippen LogP contribution is 2.25. The maximum Gasteiger partial charge on any atom is 0.320 e. The van der Waals surface area contributed by atoms with Crippen LogP contribution < -0.4 is 0 Å². The van der Waals surface area contributed by atoms with Gasteiger partial charge in [-0.05, 0) is 26.7 Å². The molecular formula is C13H22N2O5S. The van der Waals surface area contributed by atoms with Gasteiger partial charge in [-0.2, -0.15) is 0 Å². The molecule has 0 aliphatic carbocycles. The Hall–Kier alpha value is -1.31. The molecule has 120 valence electrons. The van der Waals surface area contributed by atoms with E-state index in [1.807, 2.05) is 6.92 Å². The lowest BCUT2D eigenvalue weighted by Crippen LogP contribution is -2.57. The SMILES string of the molecule is CC1CC(C(=O)O)CCN1C(=O)N1CCS(=O)(=O)CC1C. The Labute approximate surface area is 124 Å². The molecule has 21 heavy (non-hydrogen) atoms. The van der Waals surface area contributed by atoms with Crippen LogP contribution in [0, 0.1) is 5.92 Å². The zero-order valence-corrected chi connectivity index (χ0v) is 13.2. The number of hydrogen-bond donors (Lipinski definition) is 1. The summed E-state index contributed by atoms with van der Waals surface area (Å²) in [6, 6.07) is -0.646. The van der Waals surface area contributed by atoms with E-state index in [1.54, 1.807) is 16.7 Å². The van der Waals surface area contributed by atoms with E-state index in [4.69, 9.17) is 5.11 Å². The number of sulfone groups is 1. The first-order valence-corrected chi connectivity index (χ1v) is 9.04. The average molecular weight is 318 g/mol. The predicted octanol–water partition coefficient (Wildman–Crippen LogP) is 0.410. The maximum atomic E-state index is 12.6. The number of piperidine rings is 1. The van der Waals surface area contributed by atoms with Crippen molar-refractivity contribution in [1.29, 1.82) is 0 Å². The van der Waals surface area contributed by atoms with Crippen molar-refractivity contribution in [2.24, 2.45) is 5.92 Å². The minimum absolute atomic E-state index is 0.00128. The first kappa shape index (κ1) is 16.1.